The summed E-state index contributed by atoms with van der Waals surface area (Å²) in [5, 5.41) is 16.9. The van der Waals surface area contributed by atoms with Crippen molar-refractivity contribution in [1.29, 1.82) is 0 Å². The van der Waals surface area contributed by atoms with Gasteiger partial charge in [-0.15, -0.1) is 0 Å². The van der Waals surface area contributed by atoms with Crippen molar-refractivity contribution < 1.29 is 9.90 Å². The van der Waals surface area contributed by atoms with Crippen molar-refractivity contribution in [2.24, 2.45) is 0 Å². The number of aryl methyl sites for hydroxylation is 3. The quantitative estimate of drug-likeness (QED) is 0.829. The number of aromatic hydroxyl groups is 1. The van der Waals surface area contributed by atoms with E-state index in [9.17, 15) is 9.90 Å². The van der Waals surface area contributed by atoms with Crippen LogP contribution in [0.3, 0.4) is 0 Å². The van der Waals surface area contributed by atoms with Gasteiger partial charge in [0.25, 0.3) is 5.91 Å². The van der Waals surface area contributed by atoms with Gasteiger partial charge in [0.15, 0.2) is 0 Å². The standard InChI is InChI=1S/C16H21N3O2/c1-11-10-12(2)19(18-11)9-5-8-17-16(21)14-6-4-7-15(20)13(14)3/h4,6-7,10,20H,5,8-9H2,1-3H3,(H,17,21). The SMILES string of the molecule is Cc1cc(C)n(CCCNC(=O)c2cccc(O)c2C)n1. The molecule has 21 heavy (non-hydrogen) atoms. The Balaban J connectivity index is 1.85. The second kappa shape index (κ2) is 6.43. The maximum atomic E-state index is 12.1. The molecule has 1 amide bonds. The molecule has 0 radical (unpaired) electrons. The summed E-state index contributed by atoms with van der Waals surface area (Å²) in [7, 11) is 0. The second-order valence-corrected chi connectivity index (χ2v) is 5.21. The average Bonchev–Trinajstić information content (AvgIpc) is 2.76. The lowest BCUT2D eigenvalue weighted by atomic mass is 10.1. The Morgan fingerprint density at radius 1 is 1.33 bits per heavy atom. The summed E-state index contributed by atoms with van der Waals surface area (Å²) in [5.41, 5.74) is 3.25. The van der Waals surface area contributed by atoms with Gasteiger partial charge in [-0.2, -0.15) is 5.10 Å². The Morgan fingerprint density at radius 3 is 2.76 bits per heavy atom. The number of amides is 1. The van der Waals surface area contributed by atoms with Crippen LogP contribution in [0.5, 0.6) is 5.75 Å². The lowest BCUT2D eigenvalue weighted by Gasteiger charge is -2.09. The molecule has 5 nitrogen and oxygen atoms in total. The Bertz CT molecular complexity index is 647. The number of hydrogen-bond donors (Lipinski definition) is 2. The van der Waals surface area contributed by atoms with E-state index in [4.69, 9.17) is 0 Å². The Kier molecular flexibility index (Phi) is 4.62. The van der Waals surface area contributed by atoms with Crippen LogP contribution >= 0.6 is 0 Å². The Hall–Kier alpha value is -2.30. The highest BCUT2D eigenvalue weighted by Crippen LogP contribution is 2.19. The molecular formula is C16H21N3O2. The summed E-state index contributed by atoms with van der Waals surface area (Å²) in [6, 6.07) is 7.00. The van der Waals surface area contributed by atoms with E-state index in [1.54, 1.807) is 25.1 Å². The van der Waals surface area contributed by atoms with E-state index in [0.717, 1.165) is 24.4 Å². The van der Waals surface area contributed by atoms with Crippen molar-refractivity contribution in [3.63, 3.8) is 0 Å². The summed E-state index contributed by atoms with van der Waals surface area (Å²) in [6.45, 7) is 7.08. The smallest absolute Gasteiger partial charge is 0.251 e. The first-order chi connectivity index (χ1) is 9.99. The normalized spacial score (nSPS) is 10.6. The highest BCUT2D eigenvalue weighted by molar-refractivity contribution is 5.96. The molecular weight excluding hydrogens is 266 g/mol. The predicted octanol–water partition coefficient (Wildman–Crippen LogP) is 2.33. The molecule has 0 spiro atoms. The number of nitrogens with zero attached hydrogens (tertiary/aromatic N) is 2. The van der Waals surface area contributed by atoms with Crippen LogP contribution in [0.15, 0.2) is 24.3 Å². The van der Waals surface area contributed by atoms with Crippen LogP contribution in [0.1, 0.15) is 33.7 Å². The molecule has 1 heterocycles. The molecule has 0 unspecified atom stereocenters. The topological polar surface area (TPSA) is 67.2 Å². The summed E-state index contributed by atoms with van der Waals surface area (Å²) < 4.78 is 1.95. The van der Waals surface area contributed by atoms with E-state index in [1.807, 2.05) is 24.6 Å². The van der Waals surface area contributed by atoms with Crippen molar-refractivity contribution in [3.8, 4) is 5.75 Å². The number of phenols is 1. The van der Waals surface area contributed by atoms with E-state index in [-0.39, 0.29) is 11.7 Å². The van der Waals surface area contributed by atoms with Crippen molar-refractivity contribution in [2.45, 2.75) is 33.7 Å². The van der Waals surface area contributed by atoms with Gasteiger partial charge in [0.2, 0.25) is 0 Å². The van der Waals surface area contributed by atoms with Crippen molar-refractivity contribution in [3.05, 3.63) is 46.8 Å². The third-order valence-electron chi connectivity index (χ3n) is 3.49. The zero-order valence-corrected chi connectivity index (χ0v) is 12.7. The van der Waals surface area contributed by atoms with Gasteiger partial charge in [-0.1, -0.05) is 6.07 Å². The average molecular weight is 287 g/mol. The van der Waals surface area contributed by atoms with Crippen LogP contribution in [0, 0.1) is 20.8 Å². The lowest BCUT2D eigenvalue weighted by Crippen LogP contribution is -2.26. The molecule has 0 atom stereocenters. The molecule has 112 valence electrons. The fourth-order valence-electron chi connectivity index (χ4n) is 2.30. The number of carbonyl (C=O) groups excluding carboxylic acids is 1. The molecule has 1 aromatic carbocycles. The lowest BCUT2D eigenvalue weighted by molar-refractivity contribution is 0.0951. The first-order valence-corrected chi connectivity index (χ1v) is 7.07. The highest BCUT2D eigenvalue weighted by Gasteiger charge is 2.10. The van der Waals surface area contributed by atoms with Crippen LogP contribution in [-0.4, -0.2) is 27.3 Å². The Labute approximate surface area is 124 Å². The molecule has 0 aliphatic rings. The van der Waals surface area contributed by atoms with Crippen LogP contribution in [0.4, 0.5) is 0 Å². The van der Waals surface area contributed by atoms with Gasteiger partial charge >= 0.3 is 0 Å². The van der Waals surface area contributed by atoms with Gasteiger partial charge in [-0.25, -0.2) is 0 Å². The minimum atomic E-state index is -0.156. The number of hydrogen-bond acceptors (Lipinski definition) is 3. The second-order valence-electron chi connectivity index (χ2n) is 5.21. The molecule has 2 rings (SSSR count). The third-order valence-corrected chi connectivity index (χ3v) is 3.49. The molecule has 1 aromatic heterocycles. The number of rotatable bonds is 5. The minimum absolute atomic E-state index is 0.144. The van der Waals surface area contributed by atoms with Crippen molar-refractivity contribution in [2.75, 3.05) is 6.54 Å². The minimum Gasteiger partial charge on any atom is -0.508 e. The van der Waals surface area contributed by atoms with E-state index in [0.29, 0.717) is 17.7 Å². The van der Waals surface area contributed by atoms with E-state index >= 15 is 0 Å². The molecule has 0 fully saturated rings. The molecule has 0 aliphatic heterocycles. The number of benzene rings is 1. The van der Waals surface area contributed by atoms with Gasteiger partial charge in [0, 0.05) is 29.9 Å². The third kappa shape index (κ3) is 3.62. The number of nitrogens with one attached hydrogen (secondary N) is 1. The Morgan fingerprint density at radius 2 is 2.10 bits per heavy atom. The van der Waals surface area contributed by atoms with E-state index in [2.05, 4.69) is 10.4 Å². The fraction of sp³-hybridized carbons (Fsp3) is 0.375. The van der Waals surface area contributed by atoms with Crippen LogP contribution in [0.2, 0.25) is 0 Å². The number of carbonyl (C=O) groups is 1. The van der Waals surface area contributed by atoms with Crippen LogP contribution < -0.4 is 5.32 Å². The van der Waals surface area contributed by atoms with Crippen LogP contribution in [0.25, 0.3) is 0 Å². The summed E-state index contributed by atoms with van der Waals surface area (Å²) >= 11 is 0. The van der Waals surface area contributed by atoms with E-state index in [1.165, 1.54) is 0 Å². The van der Waals surface area contributed by atoms with Crippen molar-refractivity contribution >= 4 is 5.91 Å². The van der Waals surface area contributed by atoms with Gasteiger partial charge in [-0.3, -0.25) is 9.48 Å². The molecule has 2 N–H and O–H groups in total. The monoisotopic (exact) mass is 287 g/mol. The zero-order chi connectivity index (χ0) is 15.4. The molecule has 0 saturated heterocycles. The predicted molar refractivity (Wildman–Crippen MR) is 81.5 cm³/mol. The van der Waals surface area contributed by atoms with Gasteiger partial charge in [0.1, 0.15) is 5.75 Å². The summed E-state index contributed by atoms with van der Waals surface area (Å²) in [5.74, 6) is -0.0120. The van der Waals surface area contributed by atoms with Gasteiger partial charge < -0.3 is 10.4 Å². The van der Waals surface area contributed by atoms with Crippen LogP contribution in [-0.2, 0) is 6.54 Å². The maximum absolute atomic E-state index is 12.1. The molecule has 0 bridgehead atoms. The van der Waals surface area contributed by atoms with E-state index < -0.39 is 0 Å². The molecule has 0 aliphatic carbocycles. The first-order valence-electron chi connectivity index (χ1n) is 7.07. The zero-order valence-electron chi connectivity index (χ0n) is 12.7. The molecule has 5 heteroatoms. The largest absolute Gasteiger partial charge is 0.508 e. The van der Waals surface area contributed by atoms with Crippen molar-refractivity contribution in [1.82, 2.24) is 15.1 Å². The summed E-state index contributed by atoms with van der Waals surface area (Å²) in [4.78, 5) is 12.1. The summed E-state index contributed by atoms with van der Waals surface area (Å²) in [6.07, 6.45) is 0.811. The highest BCUT2D eigenvalue weighted by atomic mass is 16.3. The van der Waals surface area contributed by atoms with Gasteiger partial charge in [0.05, 0.1) is 5.69 Å². The maximum Gasteiger partial charge on any atom is 0.251 e. The first kappa shape index (κ1) is 15.1. The molecule has 0 saturated carbocycles. The van der Waals surface area contributed by atoms with Gasteiger partial charge in [-0.05, 0) is 45.4 Å². The fourth-order valence-corrected chi connectivity index (χ4v) is 2.30. The number of aromatic nitrogens is 2. The number of phenolic OH excluding ortho intramolecular Hbond substituents is 1. The molecule has 2 aromatic rings.